The lowest BCUT2D eigenvalue weighted by Crippen LogP contribution is -2.41. The van der Waals surface area contributed by atoms with Gasteiger partial charge in [-0.05, 0) is 6.92 Å². The number of hydrogen-bond acceptors (Lipinski definition) is 2. The average Bonchev–Trinajstić information content (AvgIpc) is 1.89. The molecule has 3 heteroatoms. The molecule has 2 N–H and O–H groups in total. The fourth-order valence-corrected chi connectivity index (χ4v) is 0.698. The van der Waals surface area contributed by atoms with Crippen molar-refractivity contribution in [3.05, 3.63) is 25.3 Å². The van der Waals surface area contributed by atoms with Crippen LogP contribution in [0.15, 0.2) is 25.3 Å². The van der Waals surface area contributed by atoms with Crippen LogP contribution in [0.4, 0.5) is 0 Å². The van der Waals surface area contributed by atoms with Gasteiger partial charge >= 0.3 is 5.97 Å². The zero-order valence-electron chi connectivity index (χ0n) is 6.45. The van der Waals surface area contributed by atoms with E-state index < -0.39 is 17.5 Å². The minimum absolute atomic E-state index is 0.625. The maximum atomic E-state index is 10.4. The van der Waals surface area contributed by atoms with Crippen LogP contribution >= 0.6 is 0 Å². The van der Waals surface area contributed by atoms with Crippen molar-refractivity contribution in [1.82, 2.24) is 0 Å². The molecule has 0 amide bonds. The van der Waals surface area contributed by atoms with E-state index >= 15 is 0 Å². The van der Waals surface area contributed by atoms with Crippen LogP contribution in [0.3, 0.4) is 0 Å². The monoisotopic (exact) mass is 156 g/mol. The highest BCUT2D eigenvalue weighted by atomic mass is 16.4. The Morgan fingerprint density at radius 3 is 2.00 bits per heavy atom. The summed E-state index contributed by atoms with van der Waals surface area (Å²) in [5.41, 5.74) is -1.80. The Balaban J connectivity index is 4.62. The van der Waals surface area contributed by atoms with Gasteiger partial charge in [0.25, 0.3) is 0 Å². The van der Waals surface area contributed by atoms with Crippen LogP contribution in [0.1, 0.15) is 6.92 Å². The van der Waals surface area contributed by atoms with Gasteiger partial charge in [-0.25, -0.2) is 4.79 Å². The van der Waals surface area contributed by atoms with Crippen molar-refractivity contribution < 1.29 is 15.0 Å². The first-order valence-corrected chi connectivity index (χ1v) is 3.17. The molecule has 0 saturated heterocycles. The summed E-state index contributed by atoms with van der Waals surface area (Å²) in [6, 6.07) is 0. The number of carbonyl (C=O) groups is 1. The predicted molar refractivity (Wildman–Crippen MR) is 42.1 cm³/mol. The molecule has 0 heterocycles. The predicted octanol–water partition coefficient (Wildman–Crippen LogP) is 0.810. The van der Waals surface area contributed by atoms with Gasteiger partial charge in [0.2, 0.25) is 0 Å². The van der Waals surface area contributed by atoms with Gasteiger partial charge in [0.1, 0.15) is 0 Å². The number of carboxylic acid groups (broad SMARTS) is 1. The van der Waals surface area contributed by atoms with E-state index in [1.165, 1.54) is 19.1 Å². The second-order valence-electron chi connectivity index (χ2n) is 2.45. The number of rotatable bonds is 4. The summed E-state index contributed by atoms with van der Waals surface area (Å²) in [5, 5.41) is 17.8. The summed E-state index contributed by atoms with van der Waals surface area (Å²) in [6.07, 6.45) is 2.70. The lowest BCUT2D eigenvalue weighted by atomic mass is 9.89. The Bertz CT molecular complexity index is 174. The molecule has 62 valence electrons. The minimum Gasteiger partial charge on any atom is -0.479 e. The van der Waals surface area contributed by atoms with Gasteiger partial charge in [0.05, 0.1) is 0 Å². The average molecular weight is 156 g/mol. The summed E-state index contributed by atoms with van der Waals surface area (Å²) >= 11 is 0. The molecule has 1 unspecified atom stereocenters. The lowest BCUT2D eigenvalue weighted by Gasteiger charge is -2.23. The van der Waals surface area contributed by atoms with E-state index in [1.54, 1.807) is 0 Å². The van der Waals surface area contributed by atoms with Crippen LogP contribution in [-0.2, 0) is 4.79 Å². The zero-order valence-corrected chi connectivity index (χ0v) is 6.45. The van der Waals surface area contributed by atoms with Crippen LogP contribution < -0.4 is 0 Å². The molecule has 0 bridgehead atoms. The molecule has 0 aromatic rings. The molecule has 0 saturated carbocycles. The SMILES string of the molecule is C=CC(C=C)C(C)(O)C(=O)O. The van der Waals surface area contributed by atoms with Gasteiger partial charge in [-0.1, -0.05) is 12.2 Å². The van der Waals surface area contributed by atoms with Crippen molar-refractivity contribution in [2.75, 3.05) is 0 Å². The number of carboxylic acids is 1. The van der Waals surface area contributed by atoms with Crippen LogP contribution in [0.2, 0.25) is 0 Å². The van der Waals surface area contributed by atoms with E-state index in [9.17, 15) is 9.90 Å². The van der Waals surface area contributed by atoms with Crippen molar-refractivity contribution in [1.29, 1.82) is 0 Å². The molecule has 0 aliphatic carbocycles. The van der Waals surface area contributed by atoms with Gasteiger partial charge in [-0.2, -0.15) is 0 Å². The first kappa shape index (κ1) is 9.91. The Labute approximate surface area is 65.7 Å². The van der Waals surface area contributed by atoms with Crippen LogP contribution in [0, 0.1) is 5.92 Å². The summed E-state index contributed by atoms with van der Waals surface area (Å²) < 4.78 is 0. The number of aliphatic carboxylic acids is 1. The fourth-order valence-electron chi connectivity index (χ4n) is 0.698. The molecule has 0 fully saturated rings. The third kappa shape index (κ3) is 1.91. The first-order chi connectivity index (χ1) is 4.96. The van der Waals surface area contributed by atoms with Gasteiger partial charge in [-0.3, -0.25) is 0 Å². The van der Waals surface area contributed by atoms with Gasteiger partial charge in [0, 0.05) is 5.92 Å². The molecule has 0 spiro atoms. The molecule has 0 aliphatic rings. The van der Waals surface area contributed by atoms with Gasteiger partial charge < -0.3 is 10.2 Å². The lowest BCUT2D eigenvalue weighted by molar-refractivity contribution is -0.158. The Morgan fingerprint density at radius 1 is 1.55 bits per heavy atom. The molecule has 1 atom stereocenters. The zero-order chi connectivity index (χ0) is 9.07. The molecule has 0 aromatic heterocycles. The Kier molecular flexibility index (Phi) is 3.01. The van der Waals surface area contributed by atoms with Gasteiger partial charge in [0.15, 0.2) is 5.60 Å². The third-order valence-corrected chi connectivity index (χ3v) is 1.59. The summed E-state index contributed by atoms with van der Waals surface area (Å²) in [6.45, 7) is 7.98. The van der Waals surface area contributed by atoms with Crippen molar-refractivity contribution >= 4 is 5.97 Å². The normalized spacial score (nSPS) is 15.5. The molecule has 0 aromatic carbocycles. The van der Waals surface area contributed by atoms with E-state index in [0.717, 1.165) is 0 Å². The smallest absolute Gasteiger partial charge is 0.336 e. The van der Waals surface area contributed by atoms with Crippen molar-refractivity contribution in [2.24, 2.45) is 5.92 Å². The second kappa shape index (κ2) is 3.34. The molecular formula is C8H12O3. The maximum absolute atomic E-state index is 10.4. The van der Waals surface area contributed by atoms with Gasteiger partial charge in [-0.15, -0.1) is 13.2 Å². The standard InChI is InChI=1S/C8H12O3/c1-4-6(5-2)8(3,11)7(9)10/h4-6,11H,1-2H2,3H3,(H,9,10). The molecule has 3 nitrogen and oxygen atoms in total. The highest BCUT2D eigenvalue weighted by molar-refractivity contribution is 5.77. The fraction of sp³-hybridized carbons (Fsp3) is 0.375. The number of aliphatic hydroxyl groups is 1. The molecule has 0 aliphatic heterocycles. The van der Waals surface area contributed by atoms with E-state index in [-0.39, 0.29) is 0 Å². The molecule has 0 radical (unpaired) electrons. The minimum atomic E-state index is -1.80. The maximum Gasteiger partial charge on any atom is 0.336 e. The Morgan fingerprint density at radius 2 is 1.91 bits per heavy atom. The second-order valence-corrected chi connectivity index (χ2v) is 2.45. The molecule has 11 heavy (non-hydrogen) atoms. The van der Waals surface area contributed by atoms with Crippen molar-refractivity contribution in [3.8, 4) is 0 Å². The van der Waals surface area contributed by atoms with Crippen LogP contribution in [0.25, 0.3) is 0 Å². The van der Waals surface area contributed by atoms with E-state index in [0.29, 0.717) is 0 Å². The third-order valence-electron chi connectivity index (χ3n) is 1.59. The van der Waals surface area contributed by atoms with E-state index in [4.69, 9.17) is 5.11 Å². The highest BCUT2D eigenvalue weighted by Gasteiger charge is 2.35. The van der Waals surface area contributed by atoms with Crippen LogP contribution in [-0.4, -0.2) is 21.8 Å². The molecular weight excluding hydrogens is 144 g/mol. The highest BCUT2D eigenvalue weighted by Crippen LogP contribution is 2.19. The van der Waals surface area contributed by atoms with Crippen molar-refractivity contribution in [2.45, 2.75) is 12.5 Å². The summed E-state index contributed by atoms with van der Waals surface area (Å²) in [5.74, 6) is -1.90. The summed E-state index contributed by atoms with van der Waals surface area (Å²) in [4.78, 5) is 10.4. The van der Waals surface area contributed by atoms with Crippen LogP contribution in [0.5, 0.6) is 0 Å². The van der Waals surface area contributed by atoms with E-state index in [1.807, 2.05) is 0 Å². The van der Waals surface area contributed by atoms with Crippen molar-refractivity contribution in [3.63, 3.8) is 0 Å². The number of hydrogen-bond donors (Lipinski definition) is 2. The molecule has 0 rings (SSSR count). The quantitative estimate of drug-likeness (QED) is 0.592. The van der Waals surface area contributed by atoms with E-state index in [2.05, 4.69) is 13.2 Å². The first-order valence-electron chi connectivity index (χ1n) is 3.17. The summed E-state index contributed by atoms with van der Waals surface area (Å²) in [7, 11) is 0. The Hall–Kier alpha value is -1.09. The topological polar surface area (TPSA) is 57.5 Å². The largest absolute Gasteiger partial charge is 0.479 e.